The van der Waals surface area contributed by atoms with Crippen LogP contribution in [-0.2, 0) is 9.84 Å². The van der Waals surface area contributed by atoms with Gasteiger partial charge in [-0.25, -0.2) is 13.4 Å². The van der Waals surface area contributed by atoms with Crippen molar-refractivity contribution in [2.75, 3.05) is 0 Å². The van der Waals surface area contributed by atoms with Crippen molar-refractivity contribution in [1.29, 1.82) is 0 Å². The summed E-state index contributed by atoms with van der Waals surface area (Å²) in [7, 11) is -3.65. The summed E-state index contributed by atoms with van der Waals surface area (Å²) in [6.07, 6.45) is 4.82. The minimum atomic E-state index is -3.65. The van der Waals surface area contributed by atoms with Crippen LogP contribution in [0.15, 0.2) is 64.9 Å². The Hall–Kier alpha value is -2.71. The first-order chi connectivity index (χ1) is 11.1. The van der Waals surface area contributed by atoms with E-state index in [9.17, 15) is 13.5 Å². The molecule has 0 spiro atoms. The summed E-state index contributed by atoms with van der Waals surface area (Å²) in [5.41, 5.74) is 0.448. The van der Waals surface area contributed by atoms with Crippen LogP contribution in [0.1, 0.15) is 17.5 Å². The van der Waals surface area contributed by atoms with Gasteiger partial charge in [0.2, 0.25) is 9.84 Å². The van der Waals surface area contributed by atoms with Gasteiger partial charge in [0.1, 0.15) is 17.5 Å². The monoisotopic (exact) mass is 330 g/mol. The van der Waals surface area contributed by atoms with Crippen molar-refractivity contribution in [2.24, 2.45) is 0 Å². The van der Waals surface area contributed by atoms with Crippen molar-refractivity contribution in [3.05, 3.63) is 66.4 Å². The molecule has 1 aromatic carbocycles. The van der Waals surface area contributed by atoms with Gasteiger partial charge in [-0.2, -0.15) is 5.10 Å². The van der Waals surface area contributed by atoms with Crippen molar-refractivity contribution in [2.45, 2.75) is 16.0 Å². The van der Waals surface area contributed by atoms with Crippen LogP contribution in [0.25, 0.3) is 6.08 Å². The first-order valence-electron chi connectivity index (χ1n) is 6.78. The number of sulfone groups is 1. The Morgan fingerprint density at radius 3 is 2.65 bits per heavy atom. The molecule has 7 nitrogen and oxygen atoms in total. The van der Waals surface area contributed by atoms with E-state index >= 15 is 0 Å². The quantitative estimate of drug-likeness (QED) is 0.659. The topological polar surface area (TPSA) is 112 Å². The van der Waals surface area contributed by atoms with E-state index < -0.39 is 15.9 Å². The lowest BCUT2D eigenvalue weighted by Crippen LogP contribution is -2.04. The van der Waals surface area contributed by atoms with Crippen molar-refractivity contribution >= 4 is 15.9 Å². The van der Waals surface area contributed by atoms with E-state index in [1.54, 1.807) is 24.3 Å². The molecule has 0 saturated heterocycles. The highest BCUT2D eigenvalue weighted by atomic mass is 32.2. The summed E-state index contributed by atoms with van der Waals surface area (Å²) < 4.78 is 25.3. The van der Waals surface area contributed by atoms with Gasteiger partial charge < -0.3 is 10.1 Å². The molecular formula is C15H14N4O3S. The third kappa shape index (κ3) is 3.08. The fourth-order valence-corrected chi connectivity index (χ4v) is 3.51. The van der Waals surface area contributed by atoms with Crippen LogP contribution in [0.2, 0.25) is 0 Å². The number of aliphatic hydroxyl groups excluding tert-OH is 1. The van der Waals surface area contributed by atoms with Crippen LogP contribution in [0.4, 0.5) is 0 Å². The zero-order chi connectivity index (χ0) is 16.3. The fourth-order valence-electron chi connectivity index (χ4n) is 2.09. The Labute approximate surface area is 132 Å². The fraction of sp³-hybridized carbons (Fsp3) is 0.0667. The van der Waals surface area contributed by atoms with E-state index in [1.165, 1.54) is 36.8 Å². The van der Waals surface area contributed by atoms with Crippen LogP contribution in [-0.4, -0.2) is 33.7 Å². The number of aromatic nitrogens is 4. The second kappa shape index (κ2) is 6.19. The third-order valence-electron chi connectivity index (χ3n) is 3.22. The number of aromatic amines is 2. The number of hydrogen-bond donors (Lipinski definition) is 3. The van der Waals surface area contributed by atoms with Crippen LogP contribution in [0, 0.1) is 0 Å². The number of rotatable bonds is 5. The van der Waals surface area contributed by atoms with E-state index in [-0.39, 0.29) is 15.7 Å². The van der Waals surface area contributed by atoms with Gasteiger partial charge in [-0.3, -0.25) is 5.10 Å². The number of benzene rings is 1. The number of nitrogens with one attached hydrogen (secondary N) is 2. The molecule has 0 fully saturated rings. The summed E-state index contributed by atoms with van der Waals surface area (Å²) in [6.45, 7) is 0. The van der Waals surface area contributed by atoms with Crippen molar-refractivity contribution < 1.29 is 13.5 Å². The zero-order valence-corrected chi connectivity index (χ0v) is 12.7. The highest BCUT2D eigenvalue weighted by Crippen LogP contribution is 2.24. The first-order valence-corrected chi connectivity index (χ1v) is 8.27. The van der Waals surface area contributed by atoms with Crippen molar-refractivity contribution in [1.82, 2.24) is 20.2 Å². The van der Waals surface area contributed by atoms with E-state index in [4.69, 9.17) is 0 Å². The lowest BCUT2D eigenvalue weighted by atomic mass is 10.2. The number of nitrogens with zero attached hydrogens (tertiary/aromatic N) is 2. The highest BCUT2D eigenvalue weighted by Gasteiger charge is 2.21. The average Bonchev–Trinajstić information content (AvgIpc) is 3.25. The normalized spacial score (nSPS) is 13.4. The Morgan fingerprint density at radius 2 is 1.96 bits per heavy atom. The Balaban J connectivity index is 1.91. The van der Waals surface area contributed by atoms with Gasteiger partial charge in [0.15, 0.2) is 5.82 Å². The molecular weight excluding hydrogens is 316 g/mol. The van der Waals surface area contributed by atoms with E-state index in [2.05, 4.69) is 20.2 Å². The van der Waals surface area contributed by atoms with Crippen LogP contribution >= 0.6 is 0 Å². The zero-order valence-electron chi connectivity index (χ0n) is 11.9. The molecule has 8 heteroatoms. The maximum Gasteiger partial charge on any atom is 0.222 e. The standard InChI is InChI=1S/C15H14N4O3S/c20-13(14-17-10-18-19-14)7-6-11-8-9-16-15(11)23(21,22)12-4-2-1-3-5-12/h1-10,13,16,20H,(H,17,18,19). The SMILES string of the molecule is O=S(=O)(c1ccccc1)c1[nH]ccc1C=CC(O)c1nc[nH]n1. The molecule has 2 heterocycles. The molecule has 1 unspecified atom stereocenters. The van der Waals surface area contributed by atoms with Gasteiger partial charge in [-0.1, -0.05) is 24.3 Å². The van der Waals surface area contributed by atoms with Crippen LogP contribution in [0.5, 0.6) is 0 Å². The molecule has 2 aromatic heterocycles. The molecule has 3 aromatic rings. The van der Waals surface area contributed by atoms with Crippen LogP contribution < -0.4 is 0 Å². The molecule has 3 N–H and O–H groups in total. The lowest BCUT2D eigenvalue weighted by Gasteiger charge is -2.04. The van der Waals surface area contributed by atoms with Crippen LogP contribution in [0.3, 0.4) is 0 Å². The van der Waals surface area contributed by atoms with Crippen molar-refractivity contribution in [3.63, 3.8) is 0 Å². The molecule has 0 saturated carbocycles. The molecule has 23 heavy (non-hydrogen) atoms. The number of aliphatic hydroxyl groups is 1. The van der Waals surface area contributed by atoms with Gasteiger partial charge in [0, 0.05) is 11.8 Å². The van der Waals surface area contributed by atoms with Gasteiger partial charge >= 0.3 is 0 Å². The summed E-state index contributed by atoms with van der Waals surface area (Å²) >= 11 is 0. The van der Waals surface area contributed by atoms with E-state index in [0.717, 1.165) is 0 Å². The lowest BCUT2D eigenvalue weighted by molar-refractivity contribution is 0.219. The second-order valence-electron chi connectivity index (χ2n) is 4.74. The Kier molecular flexibility index (Phi) is 4.09. The summed E-state index contributed by atoms with van der Waals surface area (Å²) in [5, 5.41) is 16.3. The molecule has 0 radical (unpaired) electrons. The summed E-state index contributed by atoms with van der Waals surface area (Å²) in [4.78, 5) is 6.79. The van der Waals surface area contributed by atoms with Gasteiger partial charge in [0.05, 0.1) is 4.90 Å². The van der Waals surface area contributed by atoms with Gasteiger partial charge in [0.25, 0.3) is 0 Å². The Bertz CT molecular complexity index is 899. The number of hydrogen-bond acceptors (Lipinski definition) is 5. The maximum absolute atomic E-state index is 12.6. The molecule has 3 rings (SSSR count). The minimum Gasteiger partial charge on any atom is -0.381 e. The largest absolute Gasteiger partial charge is 0.381 e. The Morgan fingerprint density at radius 1 is 1.17 bits per heavy atom. The predicted molar refractivity (Wildman–Crippen MR) is 83.1 cm³/mol. The average molecular weight is 330 g/mol. The summed E-state index contributed by atoms with van der Waals surface area (Å²) in [5.74, 6) is 0.212. The smallest absolute Gasteiger partial charge is 0.222 e. The summed E-state index contributed by atoms with van der Waals surface area (Å²) in [6, 6.07) is 9.77. The molecule has 0 amide bonds. The van der Waals surface area contributed by atoms with E-state index in [1.807, 2.05) is 0 Å². The molecule has 0 aliphatic carbocycles. The van der Waals surface area contributed by atoms with Gasteiger partial charge in [-0.05, 0) is 24.3 Å². The third-order valence-corrected chi connectivity index (χ3v) is 5.00. The van der Waals surface area contributed by atoms with E-state index in [0.29, 0.717) is 5.56 Å². The minimum absolute atomic E-state index is 0.0714. The van der Waals surface area contributed by atoms with Gasteiger partial charge in [-0.15, -0.1) is 0 Å². The molecule has 0 aliphatic rings. The predicted octanol–water partition coefficient (Wildman–Crippen LogP) is 1.71. The molecule has 0 bridgehead atoms. The molecule has 118 valence electrons. The molecule has 0 aliphatic heterocycles. The molecule has 1 atom stereocenters. The number of H-pyrrole nitrogens is 2. The maximum atomic E-state index is 12.6. The highest BCUT2D eigenvalue weighted by molar-refractivity contribution is 7.91. The van der Waals surface area contributed by atoms with Crippen molar-refractivity contribution in [3.8, 4) is 0 Å². The first kappa shape index (κ1) is 15.2. The second-order valence-corrected chi connectivity index (χ2v) is 6.63.